The zero-order chi connectivity index (χ0) is 13.2. The van der Waals surface area contributed by atoms with Crippen molar-refractivity contribution < 1.29 is 8.42 Å². The molecule has 100 valence electrons. The monoisotopic (exact) mass is 268 g/mol. The van der Waals surface area contributed by atoms with E-state index in [0.717, 1.165) is 18.5 Å². The summed E-state index contributed by atoms with van der Waals surface area (Å²) in [5.74, 6) is 0.159. The number of rotatable bonds is 4. The van der Waals surface area contributed by atoms with Gasteiger partial charge in [-0.3, -0.25) is 4.72 Å². The summed E-state index contributed by atoms with van der Waals surface area (Å²) in [6.45, 7) is 3.97. The molecule has 1 unspecified atom stereocenters. The van der Waals surface area contributed by atoms with E-state index < -0.39 is 10.0 Å². The first kappa shape index (κ1) is 13.2. The first-order valence-electron chi connectivity index (χ1n) is 6.41. The van der Waals surface area contributed by atoms with E-state index in [1.54, 1.807) is 0 Å². The van der Waals surface area contributed by atoms with E-state index in [4.69, 9.17) is 0 Å². The molecule has 4 nitrogen and oxygen atoms in total. The second kappa shape index (κ2) is 5.18. The average molecular weight is 268 g/mol. The zero-order valence-corrected chi connectivity index (χ0v) is 11.7. The number of nitrogens with one attached hydrogen (secondary N) is 2. The molecule has 2 rings (SSSR count). The summed E-state index contributed by atoms with van der Waals surface area (Å²) in [6.07, 6.45) is 2.69. The van der Waals surface area contributed by atoms with Crippen molar-refractivity contribution in [3.05, 3.63) is 23.8 Å². The van der Waals surface area contributed by atoms with Crippen molar-refractivity contribution in [2.24, 2.45) is 0 Å². The van der Waals surface area contributed by atoms with Crippen LogP contribution in [0.25, 0.3) is 0 Å². The van der Waals surface area contributed by atoms with Crippen molar-refractivity contribution in [1.82, 2.24) is 0 Å². The Morgan fingerprint density at radius 1 is 1.44 bits per heavy atom. The molecule has 0 amide bonds. The van der Waals surface area contributed by atoms with Crippen LogP contribution < -0.4 is 10.0 Å². The number of aryl methyl sites for hydroxylation is 1. The molecule has 5 heteroatoms. The van der Waals surface area contributed by atoms with Crippen molar-refractivity contribution in [1.29, 1.82) is 0 Å². The van der Waals surface area contributed by atoms with Gasteiger partial charge in [-0.05, 0) is 37.8 Å². The van der Waals surface area contributed by atoms with Gasteiger partial charge in [-0.1, -0.05) is 19.1 Å². The summed E-state index contributed by atoms with van der Waals surface area (Å²) in [5.41, 5.74) is 2.80. The third kappa shape index (κ3) is 2.96. The Labute approximate surface area is 109 Å². The predicted molar refractivity (Wildman–Crippen MR) is 75.5 cm³/mol. The summed E-state index contributed by atoms with van der Waals surface area (Å²) in [4.78, 5) is 0. The summed E-state index contributed by atoms with van der Waals surface area (Å²) < 4.78 is 26.3. The van der Waals surface area contributed by atoms with Crippen LogP contribution in [0.5, 0.6) is 0 Å². The molecule has 0 saturated carbocycles. The van der Waals surface area contributed by atoms with Crippen LogP contribution >= 0.6 is 0 Å². The number of benzene rings is 1. The topological polar surface area (TPSA) is 58.2 Å². The lowest BCUT2D eigenvalue weighted by Crippen LogP contribution is -2.24. The van der Waals surface area contributed by atoms with Gasteiger partial charge in [0.25, 0.3) is 0 Å². The van der Waals surface area contributed by atoms with Gasteiger partial charge in [0.2, 0.25) is 10.0 Å². The van der Waals surface area contributed by atoms with Crippen molar-refractivity contribution >= 4 is 21.4 Å². The fraction of sp³-hybridized carbons (Fsp3) is 0.538. The van der Waals surface area contributed by atoms with Crippen LogP contribution in [0.1, 0.15) is 32.3 Å². The number of para-hydroxylation sites is 1. The molecule has 0 saturated heterocycles. The number of fused-ring (bicyclic) bond motifs is 1. The molecule has 1 heterocycles. The first-order valence-corrected chi connectivity index (χ1v) is 8.06. The van der Waals surface area contributed by atoms with E-state index in [0.29, 0.717) is 18.2 Å². The Hall–Kier alpha value is -1.23. The van der Waals surface area contributed by atoms with E-state index in [-0.39, 0.29) is 5.75 Å². The molecule has 2 N–H and O–H groups in total. The normalized spacial score (nSPS) is 18.9. The Bertz CT molecular complexity index is 526. The lowest BCUT2D eigenvalue weighted by Gasteiger charge is -2.26. The second-order valence-corrected chi connectivity index (χ2v) is 6.69. The molecule has 0 aromatic heterocycles. The molecule has 1 aromatic rings. The minimum absolute atomic E-state index is 0.159. The highest BCUT2D eigenvalue weighted by molar-refractivity contribution is 7.92. The predicted octanol–water partition coefficient (Wildman–Crippen LogP) is 2.58. The quantitative estimate of drug-likeness (QED) is 0.882. The van der Waals surface area contributed by atoms with Gasteiger partial charge in [0.1, 0.15) is 0 Å². The molecule has 1 aliphatic rings. The van der Waals surface area contributed by atoms with E-state index in [9.17, 15) is 8.42 Å². The smallest absolute Gasteiger partial charge is 0.232 e. The minimum atomic E-state index is -3.23. The van der Waals surface area contributed by atoms with Crippen LogP contribution in [0.2, 0.25) is 0 Å². The highest BCUT2D eigenvalue weighted by Gasteiger charge is 2.19. The Morgan fingerprint density at radius 3 is 2.94 bits per heavy atom. The van der Waals surface area contributed by atoms with Crippen molar-refractivity contribution in [2.75, 3.05) is 15.8 Å². The van der Waals surface area contributed by atoms with Gasteiger partial charge in [0.15, 0.2) is 0 Å². The molecule has 0 aliphatic carbocycles. The van der Waals surface area contributed by atoms with Crippen LogP contribution in [0.3, 0.4) is 0 Å². The average Bonchev–Trinajstić information content (AvgIpc) is 2.29. The third-order valence-electron chi connectivity index (χ3n) is 3.13. The molecular formula is C13H20N2O2S. The van der Waals surface area contributed by atoms with Crippen LogP contribution in [0.15, 0.2) is 18.2 Å². The minimum Gasteiger partial charge on any atom is -0.381 e. The highest BCUT2D eigenvalue weighted by Crippen LogP contribution is 2.32. The van der Waals surface area contributed by atoms with Crippen LogP contribution in [-0.4, -0.2) is 20.2 Å². The largest absolute Gasteiger partial charge is 0.381 e. The first-order chi connectivity index (χ1) is 8.52. The van der Waals surface area contributed by atoms with Gasteiger partial charge in [-0.2, -0.15) is 0 Å². The van der Waals surface area contributed by atoms with E-state index in [2.05, 4.69) is 17.0 Å². The second-order valence-electron chi connectivity index (χ2n) is 4.84. The summed E-state index contributed by atoms with van der Waals surface area (Å²) >= 11 is 0. The van der Waals surface area contributed by atoms with Crippen LogP contribution in [0, 0.1) is 0 Å². The van der Waals surface area contributed by atoms with Gasteiger partial charge in [0.05, 0.1) is 17.1 Å². The lowest BCUT2D eigenvalue weighted by atomic mass is 9.98. The number of anilines is 2. The standard InChI is InChI=1S/C13H20N2O2S/c1-3-9-18(16,17)15-12-6-4-5-11-8-7-10(2)14-13(11)12/h4-6,10,14-15H,3,7-9H2,1-2H3. The van der Waals surface area contributed by atoms with Crippen molar-refractivity contribution in [3.63, 3.8) is 0 Å². The molecule has 0 spiro atoms. The van der Waals surface area contributed by atoms with Gasteiger partial charge >= 0.3 is 0 Å². The molecule has 1 aromatic carbocycles. The van der Waals surface area contributed by atoms with Crippen LogP contribution in [0.4, 0.5) is 11.4 Å². The Morgan fingerprint density at radius 2 is 2.22 bits per heavy atom. The molecule has 0 bridgehead atoms. The number of hydrogen-bond acceptors (Lipinski definition) is 3. The van der Waals surface area contributed by atoms with Gasteiger partial charge in [-0.25, -0.2) is 8.42 Å². The van der Waals surface area contributed by atoms with Gasteiger partial charge < -0.3 is 5.32 Å². The number of hydrogen-bond donors (Lipinski definition) is 2. The molecule has 0 radical (unpaired) electrons. The molecular weight excluding hydrogens is 248 g/mol. The third-order valence-corrected chi connectivity index (χ3v) is 4.60. The SMILES string of the molecule is CCCS(=O)(=O)Nc1cccc2c1NC(C)CC2. The number of sulfonamides is 1. The Kier molecular flexibility index (Phi) is 3.80. The van der Waals surface area contributed by atoms with Crippen molar-refractivity contribution in [3.8, 4) is 0 Å². The van der Waals surface area contributed by atoms with E-state index >= 15 is 0 Å². The molecule has 1 aliphatic heterocycles. The van der Waals surface area contributed by atoms with Gasteiger partial charge in [-0.15, -0.1) is 0 Å². The zero-order valence-electron chi connectivity index (χ0n) is 10.9. The van der Waals surface area contributed by atoms with Crippen molar-refractivity contribution in [2.45, 2.75) is 39.2 Å². The highest BCUT2D eigenvalue weighted by atomic mass is 32.2. The summed E-state index contributed by atoms with van der Waals surface area (Å²) in [6, 6.07) is 6.15. The fourth-order valence-electron chi connectivity index (χ4n) is 2.24. The summed E-state index contributed by atoms with van der Waals surface area (Å²) in [7, 11) is -3.23. The van der Waals surface area contributed by atoms with E-state index in [1.165, 1.54) is 5.56 Å². The van der Waals surface area contributed by atoms with E-state index in [1.807, 2.05) is 25.1 Å². The maximum atomic E-state index is 11.8. The molecule has 1 atom stereocenters. The Balaban J connectivity index is 2.29. The molecule has 18 heavy (non-hydrogen) atoms. The van der Waals surface area contributed by atoms with Crippen LogP contribution in [-0.2, 0) is 16.4 Å². The summed E-state index contributed by atoms with van der Waals surface area (Å²) in [5, 5.41) is 3.37. The fourth-order valence-corrected chi connectivity index (χ4v) is 3.39. The lowest BCUT2D eigenvalue weighted by molar-refractivity contribution is 0.600. The molecule has 0 fully saturated rings. The maximum absolute atomic E-state index is 11.8. The van der Waals surface area contributed by atoms with Gasteiger partial charge in [0, 0.05) is 6.04 Å². The maximum Gasteiger partial charge on any atom is 0.232 e.